The quantitative estimate of drug-likeness (QED) is 0.919. The van der Waals surface area contributed by atoms with E-state index in [1.807, 2.05) is 17.9 Å². The van der Waals surface area contributed by atoms with Crippen molar-refractivity contribution in [3.05, 3.63) is 45.7 Å². The molecule has 0 radical (unpaired) electrons. The van der Waals surface area contributed by atoms with E-state index in [-0.39, 0.29) is 6.04 Å². The maximum absolute atomic E-state index is 4.17. The molecule has 0 fully saturated rings. The molecule has 0 amide bonds. The molecule has 102 valence electrons. The summed E-state index contributed by atoms with van der Waals surface area (Å²) in [5.74, 6) is 0. The van der Waals surface area contributed by atoms with Crippen molar-refractivity contribution < 1.29 is 0 Å². The smallest absolute Gasteiger partial charge is 0.0802 e. The van der Waals surface area contributed by atoms with Crippen molar-refractivity contribution in [2.24, 2.45) is 0 Å². The minimum Gasteiger partial charge on any atom is -0.308 e. The number of halogens is 1. The molecule has 0 bridgehead atoms. The third kappa shape index (κ3) is 2.87. The van der Waals surface area contributed by atoms with Crippen LogP contribution in [0, 0.1) is 6.92 Å². The molecule has 1 heterocycles. The second-order valence-electron chi connectivity index (χ2n) is 4.56. The number of aryl methyl sites for hydroxylation is 1. The topological polar surface area (TPSA) is 42.7 Å². The summed E-state index contributed by atoms with van der Waals surface area (Å²) in [5, 5.41) is 11.6. The highest BCUT2D eigenvalue weighted by molar-refractivity contribution is 9.10. The highest BCUT2D eigenvalue weighted by Gasteiger charge is 2.19. The van der Waals surface area contributed by atoms with Crippen LogP contribution in [0.1, 0.15) is 36.2 Å². The lowest BCUT2D eigenvalue weighted by Gasteiger charge is -2.20. The van der Waals surface area contributed by atoms with E-state index in [2.05, 4.69) is 63.6 Å². The number of rotatable bonds is 5. The molecule has 19 heavy (non-hydrogen) atoms. The number of hydrogen-bond acceptors (Lipinski definition) is 3. The van der Waals surface area contributed by atoms with Crippen LogP contribution in [-0.4, -0.2) is 22.0 Å². The van der Waals surface area contributed by atoms with Crippen molar-refractivity contribution >= 4 is 15.9 Å². The molecule has 0 saturated heterocycles. The molecular formula is C14H19BrN4. The van der Waals surface area contributed by atoms with Crippen LogP contribution in [0.2, 0.25) is 0 Å². The summed E-state index contributed by atoms with van der Waals surface area (Å²) in [6, 6.07) is 6.38. The van der Waals surface area contributed by atoms with Crippen LogP contribution in [0.15, 0.2) is 28.9 Å². The lowest BCUT2D eigenvalue weighted by Crippen LogP contribution is -2.22. The zero-order valence-electron chi connectivity index (χ0n) is 11.5. The molecule has 2 rings (SSSR count). The Balaban J connectivity index is 2.44. The molecule has 0 aliphatic rings. The highest BCUT2D eigenvalue weighted by Crippen LogP contribution is 2.28. The molecule has 1 N–H and O–H groups in total. The van der Waals surface area contributed by atoms with Crippen molar-refractivity contribution in [3.63, 3.8) is 0 Å². The van der Waals surface area contributed by atoms with E-state index < -0.39 is 0 Å². The summed E-state index contributed by atoms with van der Waals surface area (Å²) in [5.41, 5.74) is 3.59. The van der Waals surface area contributed by atoms with Gasteiger partial charge in [0.05, 0.1) is 17.9 Å². The molecule has 1 aromatic carbocycles. The predicted octanol–water partition coefficient (Wildman–Crippen LogP) is 3.07. The fraction of sp³-hybridized carbons (Fsp3) is 0.429. The van der Waals surface area contributed by atoms with E-state index >= 15 is 0 Å². The first-order valence-corrected chi connectivity index (χ1v) is 7.29. The molecule has 0 saturated carbocycles. The first kappa shape index (κ1) is 14.2. The molecule has 5 heteroatoms. The Kier molecular flexibility index (Phi) is 4.71. The van der Waals surface area contributed by atoms with Crippen LogP contribution in [0.3, 0.4) is 0 Å². The fourth-order valence-corrected chi connectivity index (χ4v) is 2.66. The number of aromatic nitrogens is 3. The molecule has 1 atom stereocenters. The van der Waals surface area contributed by atoms with Gasteiger partial charge in [-0.2, -0.15) is 0 Å². The average molecular weight is 323 g/mol. The Labute approximate surface area is 122 Å². The molecule has 1 aromatic heterocycles. The van der Waals surface area contributed by atoms with Gasteiger partial charge >= 0.3 is 0 Å². The Hall–Kier alpha value is -1.20. The van der Waals surface area contributed by atoms with Crippen LogP contribution in [0.5, 0.6) is 0 Å². The SMILES string of the molecule is CCCn1nncc1C(NC)c1cccc(Br)c1C. The van der Waals surface area contributed by atoms with Gasteiger partial charge in [0.25, 0.3) is 0 Å². The Morgan fingerprint density at radius 3 is 2.89 bits per heavy atom. The third-order valence-corrected chi connectivity index (χ3v) is 4.15. The van der Waals surface area contributed by atoms with Crippen LogP contribution in [0.4, 0.5) is 0 Å². The van der Waals surface area contributed by atoms with Gasteiger partial charge in [-0.3, -0.25) is 0 Å². The summed E-state index contributed by atoms with van der Waals surface area (Å²) in [7, 11) is 1.97. The summed E-state index contributed by atoms with van der Waals surface area (Å²) in [6.45, 7) is 5.16. The molecule has 1 unspecified atom stereocenters. The lowest BCUT2D eigenvalue weighted by molar-refractivity contribution is 0.522. The maximum Gasteiger partial charge on any atom is 0.0802 e. The van der Waals surface area contributed by atoms with Gasteiger partial charge in [-0.1, -0.05) is 40.2 Å². The Bertz CT molecular complexity index is 550. The van der Waals surface area contributed by atoms with Crippen LogP contribution in [-0.2, 0) is 6.54 Å². The number of nitrogens with one attached hydrogen (secondary N) is 1. The summed E-state index contributed by atoms with van der Waals surface area (Å²) < 4.78 is 3.10. The first-order chi connectivity index (χ1) is 9.19. The minimum atomic E-state index is 0.110. The second-order valence-corrected chi connectivity index (χ2v) is 5.41. The maximum atomic E-state index is 4.17. The molecule has 2 aromatic rings. The zero-order valence-corrected chi connectivity index (χ0v) is 13.1. The molecule has 0 aliphatic heterocycles. The van der Waals surface area contributed by atoms with E-state index in [4.69, 9.17) is 0 Å². The van der Waals surface area contributed by atoms with Gasteiger partial charge in [-0.15, -0.1) is 5.10 Å². The monoisotopic (exact) mass is 322 g/mol. The fourth-order valence-electron chi connectivity index (χ4n) is 2.27. The van der Waals surface area contributed by atoms with Crippen molar-refractivity contribution in [1.82, 2.24) is 20.3 Å². The molecule has 0 aliphatic carbocycles. The summed E-state index contributed by atoms with van der Waals surface area (Å²) in [4.78, 5) is 0. The van der Waals surface area contributed by atoms with Gasteiger partial charge in [-0.25, -0.2) is 4.68 Å². The standard InChI is InChI=1S/C14H19BrN4/c1-4-8-19-13(9-17-18-19)14(16-3)11-6-5-7-12(15)10(11)2/h5-7,9,14,16H,4,8H2,1-3H3. The predicted molar refractivity (Wildman–Crippen MR) is 80.1 cm³/mol. The van der Waals surface area contributed by atoms with Gasteiger partial charge in [0, 0.05) is 11.0 Å². The van der Waals surface area contributed by atoms with Gasteiger partial charge < -0.3 is 5.32 Å². The van der Waals surface area contributed by atoms with Crippen molar-refractivity contribution in [2.75, 3.05) is 7.05 Å². The second kappa shape index (κ2) is 6.30. The van der Waals surface area contributed by atoms with Crippen LogP contribution in [0.25, 0.3) is 0 Å². The molecular weight excluding hydrogens is 304 g/mol. The summed E-state index contributed by atoms with van der Waals surface area (Å²) in [6.07, 6.45) is 2.89. The average Bonchev–Trinajstić information content (AvgIpc) is 2.84. The Morgan fingerprint density at radius 1 is 1.42 bits per heavy atom. The lowest BCUT2D eigenvalue weighted by atomic mass is 9.99. The highest BCUT2D eigenvalue weighted by atomic mass is 79.9. The van der Waals surface area contributed by atoms with E-state index in [1.165, 1.54) is 11.1 Å². The number of nitrogens with zero attached hydrogens (tertiary/aromatic N) is 3. The van der Waals surface area contributed by atoms with Gasteiger partial charge in [0.1, 0.15) is 0 Å². The van der Waals surface area contributed by atoms with E-state index in [0.717, 1.165) is 23.1 Å². The minimum absolute atomic E-state index is 0.110. The summed E-state index contributed by atoms with van der Waals surface area (Å²) >= 11 is 3.59. The van der Waals surface area contributed by atoms with Crippen LogP contribution >= 0.6 is 15.9 Å². The van der Waals surface area contributed by atoms with Gasteiger partial charge in [-0.05, 0) is 37.6 Å². The number of benzene rings is 1. The van der Waals surface area contributed by atoms with Crippen molar-refractivity contribution in [1.29, 1.82) is 0 Å². The molecule has 0 spiro atoms. The third-order valence-electron chi connectivity index (χ3n) is 3.29. The zero-order chi connectivity index (χ0) is 13.8. The van der Waals surface area contributed by atoms with Gasteiger partial charge in [0.15, 0.2) is 0 Å². The first-order valence-electron chi connectivity index (χ1n) is 6.49. The largest absolute Gasteiger partial charge is 0.308 e. The van der Waals surface area contributed by atoms with E-state index in [1.54, 1.807) is 0 Å². The van der Waals surface area contributed by atoms with Gasteiger partial charge in [0.2, 0.25) is 0 Å². The molecule has 4 nitrogen and oxygen atoms in total. The van der Waals surface area contributed by atoms with Crippen LogP contribution < -0.4 is 5.32 Å². The van der Waals surface area contributed by atoms with Crippen molar-refractivity contribution in [3.8, 4) is 0 Å². The normalized spacial score (nSPS) is 12.6. The van der Waals surface area contributed by atoms with Crippen molar-refractivity contribution in [2.45, 2.75) is 32.9 Å². The Morgan fingerprint density at radius 2 is 2.21 bits per heavy atom. The number of hydrogen-bond donors (Lipinski definition) is 1. The van der Waals surface area contributed by atoms with E-state index in [9.17, 15) is 0 Å². The van der Waals surface area contributed by atoms with E-state index in [0.29, 0.717) is 0 Å².